The normalized spacial score (nSPS) is 11.5. The number of aromatic nitrogens is 1. The molecule has 1 amide bonds. The third-order valence-electron chi connectivity index (χ3n) is 4.08. The number of amides is 1. The molecule has 0 aliphatic carbocycles. The zero-order valence-corrected chi connectivity index (χ0v) is 15.1. The number of aromatic hydroxyl groups is 1. The van der Waals surface area contributed by atoms with Crippen LogP contribution in [0.1, 0.15) is 33.8 Å². The van der Waals surface area contributed by atoms with Gasteiger partial charge in [0.05, 0.1) is 26.9 Å². The smallest absolute Gasteiger partial charge is 0.343 e. The van der Waals surface area contributed by atoms with Crippen LogP contribution < -0.4 is 20.8 Å². The average molecular weight is 376 g/mol. The molecule has 0 aliphatic heterocycles. The number of nitrogens with two attached hydrogens (primary N) is 1. The maximum atomic E-state index is 12.4. The molecule has 2 rings (SSSR count). The molecule has 1 heterocycles. The number of hydrogen-bond donors (Lipinski definition) is 3. The number of benzene rings is 1. The molecule has 2 aromatic rings. The summed E-state index contributed by atoms with van der Waals surface area (Å²) >= 11 is 0. The van der Waals surface area contributed by atoms with Crippen LogP contribution in [-0.2, 0) is 9.53 Å². The molecule has 0 spiro atoms. The lowest BCUT2D eigenvalue weighted by molar-refractivity contribution is -0.118. The molecule has 0 radical (unpaired) electrons. The minimum atomic E-state index is -0.961. The molecule has 0 fully saturated rings. The molecule has 27 heavy (non-hydrogen) atoms. The van der Waals surface area contributed by atoms with Crippen molar-refractivity contribution in [1.82, 2.24) is 4.98 Å². The van der Waals surface area contributed by atoms with E-state index in [9.17, 15) is 19.5 Å². The van der Waals surface area contributed by atoms with E-state index >= 15 is 0 Å². The van der Waals surface area contributed by atoms with Crippen molar-refractivity contribution in [2.24, 2.45) is 5.73 Å². The second-order valence-corrected chi connectivity index (χ2v) is 5.62. The summed E-state index contributed by atoms with van der Waals surface area (Å²) in [4.78, 5) is 38.3. The number of hydrogen-bond acceptors (Lipinski definition) is 7. The predicted molar refractivity (Wildman–Crippen MR) is 95.3 cm³/mol. The summed E-state index contributed by atoms with van der Waals surface area (Å²) in [6, 6.07) is 4.77. The number of nitrogens with one attached hydrogen (secondary N) is 1. The molecular formula is C18H20N2O7. The maximum Gasteiger partial charge on any atom is 0.343 e. The van der Waals surface area contributed by atoms with E-state index < -0.39 is 29.1 Å². The number of H-pyrrole nitrogens is 1. The summed E-state index contributed by atoms with van der Waals surface area (Å²) in [5.74, 6) is -2.28. The van der Waals surface area contributed by atoms with Crippen LogP contribution >= 0.6 is 0 Å². The van der Waals surface area contributed by atoms with Crippen molar-refractivity contribution in [2.75, 3.05) is 21.3 Å². The number of aromatic amines is 1. The number of esters is 1. The number of rotatable bonds is 7. The monoisotopic (exact) mass is 376 g/mol. The van der Waals surface area contributed by atoms with Gasteiger partial charge in [-0.2, -0.15) is 0 Å². The van der Waals surface area contributed by atoms with Gasteiger partial charge in [0.15, 0.2) is 0 Å². The number of methoxy groups -OCH3 is 3. The number of pyridine rings is 1. The van der Waals surface area contributed by atoms with Crippen LogP contribution in [0, 0.1) is 0 Å². The van der Waals surface area contributed by atoms with Crippen molar-refractivity contribution in [3.05, 3.63) is 51.4 Å². The summed E-state index contributed by atoms with van der Waals surface area (Å²) in [6.45, 7) is 0. The van der Waals surface area contributed by atoms with Gasteiger partial charge in [-0.15, -0.1) is 0 Å². The molecule has 0 saturated heterocycles. The fourth-order valence-corrected chi connectivity index (χ4v) is 2.80. The minimum Gasteiger partial charge on any atom is -0.506 e. The zero-order valence-electron chi connectivity index (χ0n) is 15.1. The van der Waals surface area contributed by atoms with Gasteiger partial charge < -0.3 is 30.0 Å². The molecule has 0 unspecified atom stereocenters. The Morgan fingerprint density at radius 1 is 1.22 bits per heavy atom. The molecule has 0 saturated carbocycles. The van der Waals surface area contributed by atoms with E-state index in [1.807, 2.05) is 0 Å². The van der Waals surface area contributed by atoms with Crippen molar-refractivity contribution in [3.63, 3.8) is 0 Å². The lowest BCUT2D eigenvalue weighted by Crippen LogP contribution is -2.24. The van der Waals surface area contributed by atoms with Crippen molar-refractivity contribution < 1.29 is 28.9 Å². The van der Waals surface area contributed by atoms with Crippen LogP contribution in [0.5, 0.6) is 17.2 Å². The molecule has 1 atom stereocenters. The molecule has 1 aromatic carbocycles. The molecule has 9 heteroatoms. The van der Waals surface area contributed by atoms with E-state index in [1.54, 1.807) is 18.2 Å². The standard InChI is InChI=1S/C18H20N2O7/c1-25-9-4-5-10(13(6-9)26-2)11(7-14(19)21)15-16(22)12(18(24)27-3)8-20-17(15)23/h4-6,8,11H,7H2,1-3H3,(H2,19,21)(H2,20,22,23)/t11-/m1/s1. The quantitative estimate of drug-likeness (QED) is 0.609. The van der Waals surface area contributed by atoms with Crippen LogP contribution in [0.2, 0.25) is 0 Å². The summed E-state index contributed by atoms with van der Waals surface area (Å²) < 4.78 is 15.1. The molecule has 0 aliphatic rings. The van der Waals surface area contributed by atoms with Crippen molar-refractivity contribution >= 4 is 11.9 Å². The molecule has 144 valence electrons. The Bertz CT molecular complexity index is 920. The van der Waals surface area contributed by atoms with Gasteiger partial charge in [0.2, 0.25) is 5.91 Å². The summed E-state index contributed by atoms with van der Waals surface area (Å²) in [7, 11) is 4.03. The van der Waals surface area contributed by atoms with Gasteiger partial charge in [-0.3, -0.25) is 9.59 Å². The SMILES string of the molecule is COC(=O)c1c[nH]c(=O)c([C@H](CC(N)=O)c2ccc(OC)cc2OC)c1O. The number of ether oxygens (including phenoxy) is 3. The summed E-state index contributed by atoms with van der Waals surface area (Å²) in [5, 5.41) is 10.5. The van der Waals surface area contributed by atoms with Gasteiger partial charge >= 0.3 is 5.97 Å². The molecule has 9 nitrogen and oxygen atoms in total. The first-order valence-electron chi connectivity index (χ1n) is 7.87. The minimum absolute atomic E-state index is 0.194. The molecule has 4 N–H and O–H groups in total. The second kappa shape index (κ2) is 8.26. The first kappa shape index (κ1) is 19.8. The van der Waals surface area contributed by atoms with Gasteiger partial charge in [0, 0.05) is 30.2 Å². The van der Waals surface area contributed by atoms with E-state index in [0.29, 0.717) is 17.1 Å². The Kier molecular flexibility index (Phi) is 6.07. The zero-order chi connectivity index (χ0) is 20.1. The summed E-state index contributed by atoms with van der Waals surface area (Å²) in [6.07, 6.45) is 0.740. The van der Waals surface area contributed by atoms with E-state index in [-0.39, 0.29) is 17.5 Å². The van der Waals surface area contributed by atoms with Crippen LogP contribution in [0.15, 0.2) is 29.2 Å². The first-order valence-corrected chi connectivity index (χ1v) is 7.87. The highest BCUT2D eigenvalue weighted by molar-refractivity contribution is 5.92. The van der Waals surface area contributed by atoms with E-state index in [0.717, 1.165) is 13.3 Å². The van der Waals surface area contributed by atoms with Crippen molar-refractivity contribution in [3.8, 4) is 17.2 Å². The van der Waals surface area contributed by atoms with E-state index in [1.165, 1.54) is 14.2 Å². The van der Waals surface area contributed by atoms with Crippen LogP contribution in [0.4, 0.5) is 0 Å². The number of primary amides is 1. The highest BCUT2D eigenvalue weighted by atomic mass is 16.5. The largest absolute Gasteiger partial charge is 0.506 e. The molecular weight excluding hydrogens is 356 g/mol. The Labute approximate surface area is 154 Å². The van der Waals surface area contributed by atoms with Gasteiger partial charge in [-0.25, -0.2) is 4.79 Å². The third-order valence-corrected chi connectivity index (χ3v) is 4.08. The lowest BCUT2D eigenvalue weighted by Gasteiger charge is -2.20. The van der Waals surface area contributed by atoms with Crippen LogP contribution in [0.25, 0.3) is 0 Å². The Hall–Kier alpha value is -3.49. The Morgan fingerprint density at radius 3 is 2.48 bits per heavy atom. The number of carbonyl (C=O) groups is 2. The fourth-order valence-electron chi connectivity index (χ4n) is 2.80. The van der Waals surface area contributed by atoms with Gasteiger partial charge in [-0.05, 0) is 6.07 Å². The molecule has 0 bridgehead atoms. The van der Waals surface area contributed by atoms with E-state index in [4.69, 9.17) is 15.2 Å². The van der Waals surface area contributed by atoms with Gasteiger partial charge in [0.1, 0.15) is 22.8 Å². The van der Waals surface area contributed by atoms with Crippen molar-refractivity contribution in [2.45, 2.75) is 12.3 Å². The van der Waals surface area contributed by atoms with E-state index in [2.05, 4.69) is 9.72 Å². The lowest BCUT2D eigenvalue weighted by atomic mass is 9.87. The average Bonchev–Trinajstić information content (AvgIpc) is 2.65. The van der Waals surface area contributed by atoms with Crippen LogP contribution in [-0.4, -0.2) is 43.3 Å². The fraction of sp³-hybridized carbons (Fsp3) is 0.278. The number of carbonyl (C=O) groups excluding carboxylic acids is 2. The third kappa shape index (κ3) is 4.02. The predicted octanol–water partition coefficient (Wildman–Crippen LogP) is 0.892. The highest BCUT2D eigenvalue weighted by Gasteiger charge is 2.29. The van der Waals surface area contributed by atoms with Crippen LogP contribution in [0.3, 0.4) is 0 Å². The first-order chi connectivity index (χ1) is 12.8. The molecule has 1 aromatic heterocycles. The van der Waals surface area contributed by atoms with Gasteiger partial charge in [0.25, 0.3) is 5.56 Å². The topological polar surface area (TPSA) is 141 Å². The van der Waals surface area contributed by atoms with Gasteiger partial charge in [-0.1, -0.05) is 6.07 Å². The second-order valence-electron chi connectivity index (χ2n) is 5.62. The Morgan fingerprint density at radius 2 is 1.93 bits per heavy atom. The maximum absolute atomic E-state index is 12.4. The Balaban J connectivity index is 2.74. The summed E-state index contributed by atoms with van der Waals surface area (Å²) in [5.41, 5.74) is 4.65. The highest BCUT2D eigenvalue weighted by Crippen LogP contribution is 2.39. The van der Waals surface area contributed by atoms with Crippen molar-refractivity contribution in [1.29, 1.82) is 0 Å².